The predicted molar refractivity (Wildman–Crippen MR) is 83.6 cm³/mol. The Morgan fingerprint density at radius 2 is 2.24 bits per heavy atom. The van der Waals surface area contributed by atoms with Crippen molar-refractivity contribution in [2.75, 3.05) is 18.4 Å². The van der Waals surface area contributed by atoms with Crippen molar-refractivity contribution < 1.29 is 4.79 Å². The van der Waals surface area contributed by atoms with Crippen LogP contribution >= 0.6 is 11.3 Å². The first-order valence-corrected chi connectivity index (χ1v) is 7.97. The molecule has 3 heterocycles. The van der Waals surface area contributed by atoms with Gasteiger partial charge in [0.15, 0.2) is 0 Å². The van der Waals surface area contributed by atoms with Crippen LogP contribution in [0, 0.1) is 6.92 Å². The van der Waals surface area contributed by atoms with Gasteiger partial charge in [-0.25, -0.2) is 9.97 Å². The second-order valence-corrected chi connectivity index (χ2v) is 6.20. The van der Waals surface area contributed by atoms with Crippen molar-refractivity contribution in [3.8, 4) is 0 Å². The highest BCUT2D eigenvalue weighted by atomic mass is 32.1. The summed E-state index contributed by atoms with van der Waals surface area (Å²) >= 11 is 1.53. The van der Waals surface area contributed by atoms with E-state index < -0.39 is 0 Å². The number of carbonyl (C=O) groups is 1. The minimum atomic E-state index is 0.161. The molecule has 1 N–H and O–H groups in total. The van der Waals surface area contributed by atoms with E-state index in [9.17, 15) is 4.79 Å². The zero-order valence-electron chi connectivity index (χ0n) is 12.0. The third-order valence-corrected chi connectivity index (χ3v) is 4.69. The molecule has 0 saturated carbocycles. The lowest BCUT2D eigenvalue weighted by Gasteiger charge is -2.32. The highest BCUT2D eigenvalue weighted by Crippen LogP contribution is 2.20. The Morgan fingerprint density at radius 3 is 2.86 bits per heavy atom. The molecule has 2 aromatic heterocycles. The Kier molecular flexibility index (Phi) is 4.15. The zero-order chi connectivity index (χ0) is 14.7. The minimum Gasteiger partial charge on any atom is -0.367 e. The lowest BCUT2D eigenvalue weighted by molar-refractivity contribution is 0.0723. The normalized spacial score (nSPS) is 16.0. The number of nitrogens with zero attached hydrogens (tertiary/aromatic N) is 3. The molecule has 1 saturated heterocycles. The largest absolute Gasteiger partial charge is 0.367 e. The molecule has 3 rings (SSSR count). The van der Waals surface area contributed by atoms with Gasteiger partial charge < -0.3 is 10.2 Å². The molecule has 6 heteroatoms. The van der Waals surface area contributed by atoms with Gasteiger partial charge in [0.25, 0.3) is 5.91 Å². The monoisotopic (exact) mass is 302 g/mol. The van der Waals surface area contributed by atoms with Crippen molar-refractivity contribution in [2.24, 2.45) is 0 Å². The SMILES string of the molecule is Cc1csc(C(=O)N2CCC(Nc3ccncn3)CC2)c1. The van der Waals surface area contributed by atoms with Crippen molar-refractivity contribution in [1.29, 1.82) is 0 Å². The number of aryl methyl sites for hydroxylation is 1. The Labute approximate surface area is 128 Å². The summed E-state index contributed by atoms with van der Waals surface area (Å²) in [5.74, 6) is 1.01. The molecular formula is C15H18N4OS. The maximum Gasteiger partial charge on any atom is 0.263 e. The number of thiophene rings is 1. The molecule has 0 unspecified atom stereocenters. The summed E-state index contributed by atoms with van der Waals surface area (Å²) in [6.45, 7) is 3.60. The number of anilines is 1. The van der Waals surface area contributed by atoms with Gasteiger partial charge >= 0.3 is 0 Å². The van der Waals surface area contributed by atoms with Gasteiger partial charge in [0.2, 0.25) is 0 Å². The molecule has 2 aromatic rings. The molecule has 5 nitrogen and oxygen atoms in total. The lowest BCUT2D eigenvalue weighted by Crippen LogP contribution is -2.42. The van der Waals surface area contributed by atoms with E-state index in [1.54, 1.807) is 12.5 Å². The fourth-order valence-corrected chi connectivity index (χ4v) is 3.38. The third kappa shape index (κ3) is 3.39. The van der Waals surface area contributed by atoms with Gasteiger partial charge in [-0.2, -0.15) is 0 Å². The summed E-state index contributed by atoms with van der Waals surface area (Å²) in [6, 6.07) is 4.21. The van der Waals surface area contributed by atoms with Gasteiger partial charge in [0, 0.05) is 25.3 Å². The summed E-state index contributed by atoms with van der Waals surface area (Å²) in [5.41, 5.74) is 1.16. The Hall–Kier alpha value is -1.95. The first-order valence-electron chi connectivity index (χ1n) is 7.09. The van der Waals surface area contributed by atoms with Gasteiger partial charge in [-0.15, -0.1) is 11.3 Å². The topological polar surface area (TPSA) is 58.1 Å². The molecule has 0 radical (unpaired) electrons. The van der Waals surface area contributed by atoms with Crippen molar-refractivity contribution >= 4 is 23.1 Å². The van der Waals surface area contributed by atoms with Gasteiger partial charge in [-0.3, -0.25) is 4.79 Å². The maximum absolute atomic E-state index is 12.4. The van der Waals surface area contributed by atoms with E-state index in [1.165, 1.54) is 11.3 Å². The molecule has 21 heavy (non-hydrogen) atoms. The van der Waals surface area contributed by atoms with E-state index in [-0.39, 0.29) is 5.91 Å². The number of nitrogens with one attached hydrogen (secondary N) is 1. The summed E-state index contributed by atoms with van der Waals surface area (Å²) in [7, 11) is 0. The van der Waals surface area contributed by atoms with Crippen LogP contribution in [0.4, 0.5) is 5.82 Å². The van der Waals surface area contributed by atoms with E-state index in [0.29, 0.717) is 6.04 Å². The second-order valence-electron chi connectivity index (χ2n) is 5.29. The first-order chi connectivity index (χ1) is 10.2. The minimum absolute atomic E-state index is 0.161. The van der Waals surface area contributed by atoms with Crippen molar-refractivity contribution in [3.05, 3.63) is 40.5 Å². The molecule has 0 atom stereocenters. The number of carbonyl (C=O) groups excluding carboxylic acids is 1. The average Bonchev–Trinajstić information content (AvgIpc) is 2.95. The summed E-state index contributed by atoms with van der Waals surface area (Å²) in [4.78, 5) is 23.2. The molecular weight excluding hydrogens is 284 g/mol. The Balaban J connectivity index is 1.54. The van der Waals surface area contributed by atoms with Crippen molar-refractivity contribution in [3.63, 3.8) is 0 Å². The molecule has 0 spiro atoms. The number of rotatable bonds is 3. The average molecular weight is 302 g/mol. The molecule has 1 fully saturated rings. The summed E-state index contributed by atoms with van der Waals surface area (Å²) < 4.78 is 0. The van der Waals surface area contributed by atoms with Crippen molar-refractivity contribution in [1.82, 2.24) is 14.9 Å². The van der Waals surface area contributed by atoms with E-state index >= 15 is 0 Å². The first kappa shape index (κ1) is 14.0. The predicted octanol–water partition coefficient (Wildman–Crippen LogP) is 2.56. The molecule has 0 bridgehead atoms. The molecule has 1 amide bonds. The fourth-order valence-electron chi connectivity index (χ4n) is 2.51. The van der Waals surface area contributed by atoms with Gasteiger partial charge in [0.05, 0.1) is 4.88 Å². The van der Waals surface area contributed by atoms with Crippen LogP contribution in [-0.4, -0.2) is 39.9 Å². The third-order valence-electron chi connectivity index (χ3n) is 3.66. The van der Waals surface area contributed by atoms with Gasteiger partial charge in [-0.1, -0.05) is 0 Å². The van der Waals surface area contributed by atoms with E-state index in [0.717, 1.165) is 42.2 Å². The van der Waals surface area contributed by atoms with Crippen LogP contribution in [0.1, 0.15) is 28.1 Å². The fraction of sp³-hybridized carbons (Fsp3) is 0.400. The van der Waals surface area contributed by atoms with Crippen LogP contribution < -0.4 is 5.32 Å². The number of likely N-dealkylation sites (tertiary alicyclic amines) is 1. The van der Waals surface area contributed by atoms with Crippen LogP contribution in [0.5, 0.6) is 0 Å². The maximum atomic E-state index is 12.4. The summed E-state index contributed by atoms with van der Waals surface area (Å²) in [6.07, 6.45) is 5.16. The standard InChI is InChI=1S/C15H18N4OS/c1-11-8-13(21-9-11)15(20)19-6-3-12(4-7-19)18-14-2-5-16-10-17-14/h2,5,8-10,12H,3-4,6-7H2,1H3,(H,16,17,18). The number of aromatic nitrogens is 2. The van der Waals surface area contributed by atoms with Crippen LogP contribution in [0.25, 0.3) is 0 Å². The molecule has 0 aliphatic carbocycles. The Bertz CT molecular complexity index is 605. The van der Waals surface area contributed by atoms with E-state index in [1.807, 2.05) is 29.3 Å². The number of hydrogen-bond acceptors (Lipinski definition) is 5. The lowest BCUT2D eigenvalue weighted by atomic mass is 10.0. The smallest absolute Gasteiger partial charge is 0.263 e. The van der Waals surface area contributed by atoms with E-state index in [4.69, 9.17) is 0 Å². The zero-order valence-corrected chi connectivity index (χ0v) is 12.8. The van der Waals surface area contributed by atoms with Crippen molar-refractivity contribution in [2.45, 2.75) is 25.8 Å². The molecule has 1 aliphatic heterocycles. The van der Waals surface area contributed by atoms with Crippen LogP contribution in [0.15, 0.2) is 30.0 Å². The quantitative estimate of drug-likeness (QED) is 0.946. The highest BCUT2D eigenvalue weighted by Gasteiger charge is 2.24. The highest BCUT2D eigenvalue weighted by molar-refractivity contribution is 7.12. The van der Waals surface area contributed by atoms with Crippen LogP contribution in [0.3, 0.4) is 0 Å². The van der Waals surface area contributed by atoms with Crippen LogP contribution in [-0.2, 0) is 0 Å². The van der Waals surface area contributed by atoms with E-state index in [2.05, 4.69) is 15.3 Å². The molecule has 110 valence electrons. The van der Waals surface area contributed by atoms with Gasteiger partial charge in [-0.05, 0) is 42.8 Å². The molecule has 1 aliphatic rings. The second kappa shape index (κ2) is 6.22. The summed E-state index contributed by atoms with van der Waals surface area (Å²) in [5, 5.41) is 5.42. The van der Waals surface area contributed by atoms with Gasteiger partial charge in [0.1, 0.15) is 12.1 Å². The number of piperidine rings is 1. The van der Waals surface area contributed by atoms with Crippen LogP contribution in [0.2, 0.25) is 0 Å². The Morgan fingerprint density at radius 1 is 1.43 bits per heavy atom. The molecule has 0 aromatic carbocycles. The number of hydrogen-bond donors (Lipinski definition) is 1. The number of amides is 1.